The number of benzene rings is 3. The second-order valence-electron chi connectivity index (χ2n) is 6.12. The molecule has 3 aromatic carbocycles. The Morgan fingerprint density at radius 2 is 1.19 bits per heavy atom. The monoisotopic (exact) mass is 352 g/mol. The minimum absolute atomic E-state index is 0.0275. The first-order valence-corrected chi connectivity index (χ1v) is 8.63. The van der Waals surface area contributed by atoms with E-state index in [0.717, 1.165) is 11.1 Å². The number of carbonyl (C=O) groups excluding carboxylic acids is 1. The van der Waals surface area contributed by atoms with Gasteiger partial charge in [0.2, 0.25) is 0 Å². The van der Waals surface area contributed by atoms with Crippen LogP contribution in [-0.4, -0.2) is 5.78 Å². The van der Waals surface area contributed by atoms with Gasteiger partial charge in [0.1, 0.15) is 11.3 Å². The molecule has 0 spiro atoms. The number of carbonyl (C=O) groups is 1. The molecule has 4 rings (SSSR count). The molecule has 0 radical (unpaired) electrons. The minimum Gasteiger partial charge on any atom is -0.422 e. The fraction of sp³-hybridized carbons (Fsp3) is 0. The Bertz CT molecular complexity index is 1130. The zero-order valence-electron chi connectivity index (χ0n) is 14.5. The number of hydrogen-bond donors (Lipinski definition) is 0. The maximum atomic E-state index is 12.8. The maximum Gasteiger partial charge on any atom is 0.347 e. The zero-order valence-corrected chi connectivity index (χ0v) is 14.5. The summed E-state index contributed by atoms with van der Waals surface area (Å²) in [5.41, 5.74) is 2.22. The van der Waals surface area contributed by atoms with E-state index in [2.05, 4.69) is 0 Å². The van der Waals surface area contributed by atoms with E-state index < -0.39 is 5.63 Å². The summed E-state index contributed by atoms with van der Waals surface area (Å²) in [4.78, 5) is 25.5. The molecule has 4 aromatic rings. The van der Waals surface area contributed by atoms with E-state index in [9.17, 15) is 9.59 Å². The molecular weight excluding hydrogens is 336 g/mol. The van der Waals surface area contributed by atoms with E-state index >= 15 is 0 Å². The molecule has 1 heterocycles. The molecule has 0 aliphatic carbocycles. The SMILES string of the molecule is O=C(c1ccccc1)c1cc(-c2ccccc2)c(-c2ccccc2)oc1=O. The summed E-state index contributed by atoms with van der Waals surface area (Å²) in [6.45, 7) is 0. The molecule has 3 nitrogen and oxygen atoms in total. The van der Waals surface area contributed by atoms with Crippen LogP contribution >= 0.6 is 0 Å². The summed E-state index contributed by atoms with van der Waals surface area (Å²) in [5, 5.41) is 0. The van der Waals surface area contributed by atoms with Crippen LogP contribution in [0.1, 0.15) is 15.9 Å². The molecule has 0 saturated heterocycles. The first-order chi connectivity index (χ1) is 13.2. The molecule has 0 bridgehead atoms. The number of ketones is 1. The molecule has 130 valence electrons. The molecule has 3 heteroatoms. The quantitative estimate of drug-likeness (QED) is 0.474. The van der Waals surface area contributed by atoms with E-state index in [1.54, 1.807) is 30.3 Å². The van der Waals surface area contributed by atoms with Crippen LogP contribution in [0.3, 0.4) is 0 Å². The first-order valence-electron chi connectivity index (χ1n) is 8.63. The van der Waals surface area contributed by atoms with Crippen LogP contribution in [0.15, 0.2) is 106 Å². The molecule has 0 N–H and O–H groups in total. The van der Waals surface area contributed by atoms with Crippen LogP contribution in [0, 0.1) is 0 Å². The lowest BCUT2D eigenvalue weighted by Crippen LogP contribution is -2.15. The zero-order chi connectivity index (χ0) is 18.6. The lowest BCUT2D eigenvalue weighted by Gasteiger charge is -2.10. The van der Waals surface area contributed by atoms with Crippen LogP contribution in [0.2, 0.25) is 0 Å². The van der Waals surface area contributed by atoms with Crippen molar-refractivity contribution in [3.63, 3.8) is 0 Å². The van der Waals surface area contributed by atoms with Gasteiger partial charge in [-0.1, -0.05) is 91.0 Å². The molecule has 0 atom stereocenters. The van der Waals surface area contributed by atoms with Crippen LogP contribution in [0.5, 0.6) is 0 Å². The third kappa shape index (κ3) is 3.35. The van der Waals surface area contributed by atoms with Crippen LogP contribution in [0.25, 0.3) is 22.5 Å². The Morgan fingerprint density at radius 3 is 1.78 bits per heavy atom. The summed E-state index contributed by atoms with van der Waals surface area (Å²) < 4.78 is 5.65. The molecule has 0 unspecified atom stereocenters. The molecule has 1 aromatic heterocycles. The molecule has 0 fully saturated rings. The van der Waals surface area contributed by atoms with Crippen molar-refractivity contribution in [2.24, 2.45) is 0 Å². The summed E-state index contributed by atoms with van der Waals surface area (Å²) >= 11 is 0. The van der Waals surface area contributed by atoms with E-state index in [0.29, 0.717) is 16.9 Å². The van der Waals surface area contributed by atoms with E-state index in [-0.39, 0.29) is 11.3 Å². The Balaban J connectivity index is 1.94. The fourth-order valence-electron chi connectivity index (χ4n) is 3.01. The van der Waals surface area contributed by atoms with Gasteiger partial charge in [0, 0.05) is 16.7 Å². The van der Waals surface area contributed by atoms with Gasteiger partial charge in [0.25, 0.3) is 0 Å². The normalized spacial score (nSPS) is 10.5. The van der Waals surface area contributed by atoms with E-state index in [4.69, 9.17) is 4.42 Å². The number of hydrogen-bond acceptors (Lipinski definition) is 3. The predicted octanol–water partition coefficient (Wildman–Crippen LogP) is 5.20. The lowest BCUT2D eigenvalue weighted by molar-refractivity contribution is 0.103. The molecular formula is C24H16O3. The second-order valence-corrected chi connectivity index (χ2v) is 6.12. The highest BCUT2D eigenvalue weighted by Gasteiger charge is 2.20. The van der Waals surface area contributed by atoms with E-state index in [1.165, 1.54) is 0 Å². The topological polar surface area (TPSA) is 47.3 Å². The van der Waals surface area contributed by atoms with Gasteiger partial charge in [0.15, 0.2) is 5.78 Å². The summed E-state index contributed by atoms with van der Waals surface area (Å²) in [7, 11) is 0. The van der Waals surface area contributed by atoms with E-state index in [1.807, 2.05) is 66.7 Å². The van der Waals surface area contributed by atoms with Gasteiger partial charge in [-0.2, -0.15) is 0 Å². The van der Waals surface area contributed by atoms with Crippen molar-refractivity contribution in [3.05, 3.63) is 119 Å². The highest BCUT2D eigenvalue weighted by molar-refractivity contribution is 6.09. The molecule has 27 heavy (non-hydrogen) atoms. The minimum atomic E-state index is -0.637. The molecule has 0 amide bonds. The Kier molecular flexibility index (Phi) is 4.50. The molecule has 0 saturated carbocycles. The average molecular weight is 352 g/mol. The fourth-order valence-corrected chi connectivity index (χ4v) is 3.01. The number of rotatable bonds is 4. The van der Waals surface area contributed by atoms with Crippen LogP contribution < -0.4 is 5.63 Å². The Morgan fingerprint density at radius 1 is 0.667 bits per heavy atom. The Hall–Kier alpha value is -3.72. The van der Waals surface area contributed by atoms with Crippen molar-refractivity contribution in [2.75, 3.05) is 0 Å². The van der Waals surface area contributed by atoms with Crippen LogP contribution in [0.4, 0.5) is 0 Å². The van der Waals surface area contributed by atoms with Gasteiger partial charge in [-0.3, -0.25) is 4.79 Å². The van der Waals surface area contributed by atoms with Crippen molar-refractivity contribution in [3.8, 4) is 22.5 Å². The van der Waals surface area contributed by atoms with Crippen molar-refractivity contribution >= 4 is 5.78 Å². The van der Waals surface area contributed by atoms with Crippen molar-refractivity contribution in [1.29, 1.82) is 0 Å². The van der Waals surface area contributed by atoms with Gasteiger partial charge < -0.3 is 4.42 Å². The van der Waals surface area contributed by atoms with Gasteiger partial charge >= 0.3 is 5.63 Å². The molecule has 0 aliphatic rings. The second kappa shape index (κ2) is 7.26. The smallest absolute Gasteiger partial charge is 0.347 e. The standard InChI is InChI=1S/C24H16O3/c25-22(18-12-6-2-7-13-18)21-16-20(17-10-4-1-5-11-17)23(27-24(21)26)19-14-8-3-9-15-19/h1-16H. The van der Waals surface area contributed by atoms with Gasteiger partial charge in [0.05, 0.1) is 0 Å². The third-order valence-corrected chi connectivity index (χ3v) is 4.35. The average Bonchev–Trinajstić information content (AvgIpc) is 2.75. The predicted molar refractivity (Wildman–Crippen MR) is 106 cm³/mol. The van der Waals surface area contributed by atoms with Gasteiger partial charge in [-0.25, -0.2) is 4.79 Å². The lowest BCUT2D eigenvalue weighted by atomic mass is 9.97. The van der Waals surface area contributed by atoms with Gasteiger partial charge in [-0.15, -0.1) is 0 Å². The third-order valence-electron chi connectivity index (χ3n) is 4.35. The highest BCUT2D eigenvalue weighted by atomic mass is 16.4. The largest absolute Gasteiger partial charge is 0.422 e. The summed E-state index contributed by atoms with van der Waals surface area (Å²) in [5.74, 6) is 0.109. The van der Waals surface area contributed by atoms with Crippen molar-refractivity contribution in [2.45, 2.75) is 0 Å². The first kappa shape index (κ1) is 16.7. The van der Waals surface area contributed by atoms with Crippen LogP contribution in [-0.2, 0) is 0 Å². The summed E-state index contributed by atoms with van der Waals surface area (Å²) in [6, 6.07) is 29.4. The highest BCUT2D eigenvalue weighted by Crippen LogP contribution is 2.32. The van der Waals surface area contributed by atoms with Crippen molar-refractivity contribution < 1.29 is 9.21 Å². The maximum absolute atomic E-state index is 12.8. The summed E-state index contributed by atoms with van der Waals surface area (Å²) in [6.07, 6.45) is 0. The Labute approximate surface area is 156 Å². The van der Waals surface area contributed by atoms with Gasteiger partial charge in [-0.05, 0) is 11.6 Å². The molecule has 0 aliphatic heterocycles. The van der Waals surface area contributed by atoms with Crippen molar-refractivity contribution in [1.82, 2.24) is 0 Å².